The molecule has 214 valence electrons. The Hall–Kier alpha value is -3.81. The summed E-state index contributed by atoms with van der Waals surface area (Å²) >= 11 is 0. The van der Waals surface area contributed by atoms with E-state index in [1.54, 1.807) is 66.7 Å². The average molecular weight is 556 g/mol. The second-order valence-corrected chi connectivity index (χ2v) is 11.0. The van der Waals surface area contributed by atoms with Crippen LogP contribution >= 0.6 is 0 Å². The molecule has 2 aliphatic heterocycles. The minimum atomic E-state index is -0.366. The van der Waals surface area contributed by atoms with Crippen molar-refractivity contribution in [1.82, 2.24) is 10.2 Å². The van der Waals surface area contributed by atoms with E-state index in [-0.39, 0.29) is 24.0 Å². The molecule has 2 heterocycles. The van der Waals surface area contributed by atoms with Crippen LogP contribution in [-0.4, -0.2) is 43.9 Å². The lowest BCUT2D eigenvalue weighted by Gasteiger charge is -2.41. The van der Waals surface area contributed by atoms with Gasteiger partial charge in [-0.15, -0.1) is 0 Å². The number of hydrogen-bond acceptors (Lipinski definition) is 5. The number of carbonyl (C=O) groups excluding carboxylic acids is 2. The number of amides is 1. The number of fused-ring (bicyclic) bond motifs is 2. The maximum Gasteiger partial charge on any atom is 0.294 e. The molecule has 7 heteroatoms. The first kappa shape index (κ1) is 28.7. The third kappa shape index (κ3) is 7.10. The molecule has 2 atom stereocenters. The van der Waals surface area contributed by atoms with Crippen LogP contribution in [0.2, 0.25) is 0 Å². The van der Waals surface area contributed by atoms with Crippen molar-refractivity contribution in [3.05, 3.63) is 101 Å². The van der Waals surface area contributed by atoms with Crippen LogP contribution in [0.15, 0.2) is 78.6 Å². The molecule has 1 aliphatic carbocycles. The summed E-state index contributed by atoms with van der Waals surface area (Å²) in [6.07, 6.45) is 9.80. The lowest BCUT2D eigenvalue weighted by molar-refractivity contribution is -0.117. The third-order valence-corrected chi connectivity index (χ3v) is 8.25. The number of benzene rings is 3. The van der Waals surface area contributed by atoms with Crippen molar-refractivity contribution in [3.63, 3.8) is 0 Å². The number of halogens is 1. The normalized spacial score (nSPS) is 21.3. The van der Waals surface area contributed by atoms with E-state index in [2.05, 4.69) is 10.2 Å². The van der Waals surface area contributed by atoms with Gasteiger partial charge >= 0.3 is 0 Å². The molecule has 41 heavy (non-hydrogen) atoms. The summed E-state index contributed by atoms with van der Waals surface area (Å²) in [4.78, 5) is 28.0. The number of likely N-dealkylation sites (tertiary alicyclic amines) is 1. The summed E-state index contributed by atoms with van der Waals surface area (Å²) in [6.45, 7) is 3.85. The second-order valence-electron chi connectivity index (χ2n) is 11.0. The van der Waals surface area contributed by atoms with E-state index in [0.717, 1.165) is 30.4 Å². The van der Waals surface area contributed by atoms with Gasteiger partial charge in [0, 0.05) is 24.3 Å². The standard InChI is InChI=1S/C23H16FNO3.C11H22N2/c24-19-6-2-1-5-18(19)14-25-20-7-3-4-8-21(20)28-22(23(25)27)13-16-9-11-17(15-26)12-10-16;1-12-9-13-7-6-10-4-2-3-5-11(10)8-13/h1-13,15H,14H2;10-12H,2-9H2,1H3/b22-13-;. The number of nitrogens with one attached hydrogen (secondary N) is 1. The van der Waals surface area contributed by atoms with Crippen LogP contribution < -0.4 is 15.0 Å². The van der Waals surface area contributed by atoms with Gasteiger partial charge in [-0.2, -0.15) is 0 Å². The van der Waals surface area contributed by atoms with Crippen LogP contribution in [0.25, 0.3) is 6.08 Å². The van der Waals surface area contributed by atoms with Gasteiger partial charge in [0.15, 0.2) is 11.5 Å². The maximum atomic E-state index is 14.2. The highest BCUT2D eigenvalue weighted by Crippen LogP contribution is 2.37. The monoisotopic (exact) mass is 555 g/mol. The zero-order valence-electron chi connectivity index (χ0n) is 23.6. The van der Waals surface area contributed by atoms with Crippen molar-refractivity contribution < 1.29 is 18.7 Å². The molecule has 6 nitrogen and oxygen atoms in total. The van der Waals surface area contributed by atoms with Gasteiger partial charge in [0.2, 0.25) is 0 Å². The first-order valence-corrected chi connectivity index (χ1v) is 14.5. The van der Waals surface area contributed by atoms with E-state index >= 15 is 0 Å². The Morgan fingerprint density at radius 1 is 0.927 bits per heavy atom. The SMILES string of the molecule is CNCN1CCC2CCCCC2C1.O=Cc1ccc(/C=C2\Oc3ccccc3N(Cc3ccccc3F)C2=O)cc1. The fraction of sp³-hybridized carbons (Fsp3) is 0.353. The van der Waals surface area contributed by atoms with E-state index in [4.69, 9.17) is 4.74 Å². The highest BCUT2D eigenvalue weighted by molar-refractivity contribution is 6.09. The zero-order chi connectivity index (χ0) is 28.6. The molecule has 3 aliphatic rings. The van der Waals surface area contributed by atoms with Crippen molar-refractivity contribution in [3.8, 4) is 5.75 Å². The Kier molecular flexibility index (Phi) is 9.59. The molecule has 3 aromatic rings. The van der Waals surface area contributed by atoms with E-state index in [1.165, 1.54) is 56.2 Å². The summed E-state index contributed by atoms with van der Waals surface area (Å²) in [6, 6.07) is 20.3. The Morgan fingerprint density at radius 3 is 2.39 bits per heavy atom. The summed E-state index contributed by atoms with van der Waals surface area (Å²) in [5, 5.41) is 3.26. The molecule has 0 radical (unpaired) electrons. The number of rotatable bonds is 6. The number of ether oxygens (including phenoxy) is 1. The van der Waals surface area contributed by atoms with Crippen molar-refractivity contribution in [2.24, 2.45) is 11.8 Å². The number of aldehydes is 1. The van der Waals surface area contributed by atoms with Gasteiger partial charge in [-0.05, 0) is 68.1 Å². The molecule has 2 fully saturated rings. The van der Waals surface area contributed by atoms with Crippen LogP contribution in [0.5, 0.6) is 5.75 Å². The molecule has 0 aromatic heterocycles. The predicted molar refractivity (Wildman–Crippen MR) is 160 cm³/mol. The molecule has 0 bridgehead atoms. The second kappa shape index (κ2) is 13.7. The van der Waals surface area contributed by atoms with Gasteiger partial charge in [-0.1, -0.05) is 73.9 Å². The molecule has 1 amide bonds. The van der Waals surface area contributed by atoms with Crippen molar-refractivity contribution >= 4 is 24.0 Å². The van der Waals surface area contributed by atoms with Gasteiger partial charge in [0.05, 0.1) is 12.2 Å². The third-order valence-electron chi connectivity index (χ3n) is 8.25. The number of carbonyl (C=O) groups is 2. The Morgan fingerprint density at radius 2 is 1.63 bits per heavy atom. The van der Waals surface area contributed by atoms with Gasteiger partial charge in [0.25, 0.3) is 5.91 Å². The Labute approximate surface area is 241 Å². The van der Waals surface area contributed by atoms with Crippen LogP contribution in [0, 0.1) is 17.7 Å². The number of para-hydroxylation sites is 2. The molecule has 1 saturated heterocycles. The summed E-state index contributed by atoms with van der Waals surface area (Å²) in [5.41, 5.74) is 2.27. The number of anilines is 1. The van der Waals surface area contributed by atoms with Gasteiger partial charge in [0.1, 0.15) is 12.1 Å². The minimum Gasteiger partial charge on any atom is -0.449 e. The van der Waals surface area contributed by atoms with E-state index in [1.807, 2.05) is 13.1 Å². The van der Waals surface area contributed by atoms with E-state index in [0.29, 0.717) is 22.6 Å². The lowest BCUT2D eigenvalue weighted by Crippen LogP contribution is -2.44. The van der Waals surface area contributed by atoms with E-state index < -0.39 is 0 Å². The van der Waals surface area contributed by atoms with Crippen LogP contribution in [0.4, 0.5) is 10.1 Å². The smallest absolute Gasteiger partial charge is 0.294 e. The molecular weight excluding hydrogens is 517 g/mol. The largest absolute Gasteiger partial charge is 0.449 e. The lowest BCUT2D eigenvalue weighted by atomic mass is 9.75. The summed E-state index contributed by atoms with van der Waals surface area (Å²) < 4.78 is 20.0. The highest BCUT2D eigenvalue weighted by atomic mass is 19.1. The van der Waals surface area contributed by atoms with Crippen molar-refractivity contribution in [2.45, 2.75) is 38.6 Å². The molecule has 1 saturated carbocycles. The van der Waals surface area contributed by atoms with Crippen molar-refractivity contribution in [1.29, 1.82) is 0 Å². The molecule has 3 aromatic carbocycles. The van der Waals surface area contributed by atoms with Gasteiger partial charge < -0.3 is 10.1 Å². The summed E-state index contributed by atoms with van der Waals surface area (Å²) in [7, 11) is 2.05. The average Bonchev–Trinajstić information content (AvgIpc) is 3.01. The Balaban J connectivity index is 0.000000216. The number of piperidine rings is 1. The molecule has 1 N–H and O–H groups in total. The minimum absolute atomic E-state index is 0.0906. The van der Waals surface area contributed by atoms with Crippen LogP contribution in [-0.2, 0) is 11.3 Å². The Bertz CT molecular complexity index is 1370. The fourth-order valence-corrected chi connectivity index (χ4v) is 6.08. The van der Waals surface area contributed by atoms with E-state index in [9.17, 15) is 14.0 Å². The number of hydrogen-bond donors (Lipinski definition) is 1. The fourth-order valence-electron chi connectivity index (χ4n) is 6.08. The quantitative estimate of drug-likeness (QED) is 0.287. The van der Waals surface area contributed by atoms with Gasteiger partial charge in [-0.25, -0.2) is 4.39 Å². The molecular formula is C34H38FN3O3. The first-order chi connectivity index (χ1) is 20.1. The maximum absolute atomic E-state index is 14.2. The van der Waals surface area contributed by atoms with Crippen LogP contribution in [0.3, 0.4) is 0 Å². The highest BCUT2D eigenvalue weighted by Gasteiger charge is 2.31. The first-order valence-electron chi connectivity index (χ1n) is 14.5. The number of nitrogens with zero attached hydrogens (tertiary/aromatic N) is 2. The molecule has 6 rings (SSSR count). The van der Waals surface area contributed by atoms with Gasteiger partial charge in [-0.3, -0.25) is 19.4 Å². The predicted octanol–water partition coefficient (Wildman–Crippen LogP) is 6.28. The van der Waals surface area contributed by atoms with Crippen molar-refractivity contribution in [2.75, 3.05) is 31.7 Å². The molecule has 2 unspecified atom stereocenters. The molecule has 0 spiro atoms. The topological polar surface area (TPSA) is 61.9 Å². The summed E-state index contributed by atoms with van der Waals surface area (Å²) in [5.74, 6) is 2.02. The zero-order valence-corrected chi connectivity index (χ0v) is 23.6. The van der Waals surface area contributed by atoms with Crippen LogP contribution in [0.1, 0.15) is 53.6 Å².